The van der Waals surface area contributed by atoms with Gasteiger partial charge < -0.3 is 4.74 Å². The van der Waals surface area contributed by atoms with Crippen LogP contribution in [0.25, 0.3) is 0 Å². The summed E-state index contributed by atoms with van der Waals surface area (Å²) in [5.41, 5.74) is 5.45. The summed E-state index contributed by atoms with van der Waals surface area (Å²) in [6.07, 6.45) is 10.2. The first-order chi connectivity index (χ1) is 12.0. The number of rotatable bonds is 10. The zero-order valence-electron chi connectivity index (χ0n) is 17.0. The molecular formula is C24H36O. The van der Waals surface area contributed by atoms with Crippen LogP contribution in [0.1, 0.15) is 80.5 Å². The number of benzene rings is 1. The average Bonchev–Trinajstić information content (AvgIpc) is 2.60. The lowest BCUT2D eigenvalue weighted by Gasteiger charge is -2.17. The zero-order chi connectivity index (χ0) is 18.7. The van der Waals surface area contributed by atoms with Crippen molar-refractivity contribution in [2.45, 2.75) is 84.7 Å². The molecule has 0 spiro atoms. The van der Waals surface area contributed by atoms with Crippen molar-refractivity contribution in [2.24, 2.45) is 0 Å². The van der Waals surface area contributed by atoms with Gasteiger partial charge in [-0.3, -0.25) is 0 Å². The number of ether oxygens (including phenoxy) is 1. The van der Waals surface area contributed by atoms with Gasteiger partial charge in [-0.1, -0.05) is 50.3 Å². The van der Waals surface area contributed by atoms with E-state index in [1.807, 2.05) is 13.2 Å². The summed E-state index contributed by atoms with van der Waals surface area (Å²) in [6.45, 7) is 12.7. The van der Waals surface area contributed by atoms with E-state index in [4.69, 9.17) is 4.74 Å². The van der Waals surface area contributed by atoms with Gasteiger partial charge in [0, 0.05) is 19.4 Å². The standard InChI is InChI=1S/C24H36O/c1-7-9-10-15-22(25-6)16-12-11-14-20(4)24-21(5)18-17-19(3)23(24)13-8-2/h8,17-18,20,22H,2,7,9-10,12-13,15-16H2,1,3-6H3. The number of allylic oxidation sites excluding steroid dienone is 1. The molecule has 0 aromatic heterocycles. The summed E-state index contributed by atoms with van der Waals surface area (Å²) < 4.78 is 5.60. The largest absolute Gasteiger partial charge is 0.381 e. The Balaban J connectivity index is 2.71. The van der Waals surface area contributed by atoms with Gasteiger partial charge >= 0.3 is 0 Å². The molecule has 1 nitrogen and oxygen atoms in total. The number of hydrogen-bond acceptors (Lipinski definition) is 1. The Morgan fingerprint density at radius 1 is 1.16 bits per heavy atom. The minimum atomic E-state index is 0.260. The second kappa shape index (κ2) is 11.9. The first-order valence-electron chi connectivity index (χ1n) is 9.76. The molecule has 25 heavy (non-hydrogen) atoms. The number of aryl methyl sites for hydroxylation is 2. The quantitative estimate of drug-likeness (QED) is 0.268. The van der Waals surface area contributed by atoms with Crippen molar-refractivity contribution in [1.82, 2.24) is 0 Å². The van der Waals surface area contributed by atoms with Gasteiger partial charge in [-0.15, -0.1) is 12.5 Å². The van der Waals surface area contributed by atoms with Crippen molar-refractivity contribution in [3.63, 3.8) is 0 Å². The van der Waals surface area contributed by atoms with Crippen LogP contribution in [0, 0.1) is 25.7 Å². The van der Waals surface area contributed by atoms with E-state index in [-0.39, 0.29) is 5.92 Å². The van der Waals surface area contributed by atoms with Crippen LogP contribution in [0.5, 0.6) is 0 Å². The van der Waals surface area contributed by atoms with Gasteiger partial charge in [0.05, 0.1) is 6.10 Å². The molecular weight excluding hydrogens is 304 g/mol. The molecule has 0 aliphatic carbocycles. The van der Waals surface area contributed by atoms with Crippen LogP contribution in [0.4, 0.5) is 0 Å². The highest BCUT2D eigenvalue weighted by Crippen LogP contribution is 2.27. The van der Waals surface area contributed by atoms with Gasteiger partial charge in [-0.05, 0) is 62.3 Å². The number of hydrogen-bond donors (Lipinski definition) is 0. The van der Waals surface area contributed by atoms with E-state index in [9.17, 15) is 0 Å². The van der Waals surface area contributed by atoms with E-state index >= 15 is 0 Å². The van der Waals surface area contributed by atoms with Crippen LogP contribution >= 0.6 is 0 Å². The first kappa shape index (κ1) is 21.5. The maximum absolute atomic E-state index is 5.60. The van der Waals surface area contributed by atoms with E-state index in [0.717, 1.165) is 25.7 Å². The fraction of sp³-hybridized carbons (Fsp3) is 0.583. The molecule has 1 rings (SSSR count). The lowest BCUT2D eigenvalue weighted by Crippen LogP contribution is -2.09. The summed E-state index contributed by atoms with van der Waals surface area (Å²) in [4.78, 5) is 0. The predicted octanol–water partition coefficient (Wildman–Crippen LogP) is 6.51. The van der Waals surface area contributed by atoms with Crippen LogP contribution in [-0.2, 0) is 11.2 Å². The monoisotopic (exact) mass is 340 g/mol. The minimum Gasteiger partial charge on any atom is -0.381 e. The van der Waals surface area contributed by atoms with Gasteiger partial charge in [0.15, 0.2) is 0 Å². The Morgan fingerprint density at radius 2 is 1.88 bits per heavy atom. The van der Waals surface area contributed by atoms with E-state index in [2.05, 4.69) is 58.2 Å². The predicted molar refractivity (Wildman–Crippen MR) is 110 cm³/mol. The van der Waals surface area contributed by atoms with Crippen molar-refractivity contribution < 1.29 is 4.74 Å². The third kappa shape index (κ3) is 7.09. The Hall–Kier alpha value is -1.52. The van der Waals surface area contributed by atoms with Gasteiger partial charge in [-0.25, -0.2) is 0 Å². The number of unbranched alkanes of at least 4 members (excludes halogenated alkanes) is 2. The summed E-state index contributed by atoms with van der Waals surface area (Å²) >= 11 is 0. The smallest absolute Gasteiger partial charge is 0.0580 e. The van der Waals surface area contributed by atoms with Gasteiger partial charge in [-0.2, -0.15) is 0 Å². The molecule has 1 aromatic rings. The molecule has 0 amide bonds. The summed E-state index contributed by atoms with van der Waals surface area (Å²) in [6, 6.07) is 4.42. The van der Waals surface area contributed by atoms with Crippen LogP contribution in [0.15, 0.2) is 24.8 Å². The van der Waals surface area contributed by atoms with Crippen LogP contribution in [-0.4, -0.2) is 13.2 Å². The highest BCUT2D eigenvalue weighted by molar-refractivity contribution is 5.45. The molecule has 0 saturated carbocycles. The second-order valence-electron chi connectivity index (χ2n) is 7.02. The summed E-state index contributed by atoms with van der Waals surface area (Å²) in [7, 11) is 1.82. The van der Waals surface area contributed by atoms with Gasteiger partial charge in [0.25, 0.3) is 0 Å². The molecule has 2 unspecified atom stereocenters. The van der Waals surface area contributed by atoms with Crippen molar-refractivity contribution in [3.8, 4) is 11.8 Å². The Labute approximate surface area is 155 Å². The Bertz CT molecular complexity index is 588. The van der Waals surface area contributed by atoms with Crippen LogP contribution in [0.2, 0.25) is 0 Å². The van der Waals surface area contributed by atoms with E-state index < -0.39 is 0 Å². The van der Waals surface area contributed by atoms with E-state index in [1.165, 1.54) is 41.5 Å². The fourth-order valence-electron chi connectivity index (χ4n) is 3.44. The highest BCUT2D eigenvalue weighted by Gasteiger charge is 2.13. The molecule has 0 heterocycles. The second-order valence-corrected chi connectivity index (χ2v) is 7.02. The Kier molecular flexibility index (Phi) is 10.3. The maximum Gasteiger partial charge on any atom is 0.0580 e. The summed E-state index contributed by atoms with van der Waals surface area (Å²) in [5.74, 6) is 7.13. The van der Waals surface area contributed by atoms with E-state index in [0.29, 0.717) is 6.10 Å². The third-order valence-electron chi connectivity index (χ3n) is 4.96. The minimum absolute atomic E-state index is 0.260. The van der Waals surface area contributed by atoms with Crippen LogP contribution in [0.3, 0.4) is 0 Å². The molecule has 0 fully saturated rings. The molecule has 0 aliphatic heterocycles. The number of methoxy groups -OCH3 is 1. The molecule has 0 bridgehead atoms. The van der Waals surface area contributed by atoms with Crippen molar-refractivity contribution >= 4 is 0 Å². The van der Waals surface area contributed by atoms with Gasteiger partial charge in [0.1, 0.15) is 0 Å². The van der Waals surface area contributed by atoms with Crippen molar-refractivity contribution in [1.29, 1.82) is 0 Å². The summed E-state index contributed by atoms with van der Waals surface area (Å²) in [5, 5.41) is 0. The molecule has 2 atom stereocenters. The molecule has 0 N–H and O–H groups in total. The highest BCUT2D eigenvalue weighted by atomic mass is 16.5. The van der Waals surface area contributed by atoms with Gasteiger partial charge in [0.2, 0.25) is 0 Å². The molecule has 0 aliphatic rings. The Morgan fingerprint density at radius 3 is 2.52 bits per heavy atom. The molecule has 0 saturated heterocycles. The SMILES string of the molecule is C=CCc1c(C)ccc(C)c1C(C)C#CCCC(CCCCC)OC. The van der Waals surface area contributed by atoms with Crippen molar-refractivity contribution in [2.75, 3.05) is 7.11 Å². The fourth-order valence-corrected chi connectivity index (χ4v) is 3.44. The zero-order valence-corrected chi connectivity index (χ0v) is 17.0. The lowest BCUT2D eigenvalue weighted by atomic mass is 9.87. The normalized spacial score (nSPS) is 13.0. The van der Waals surface area contributed by atoms with Crippen molar-refractivity contribution in [3.05, 3.63) is 47.0 Å². The molecule has 1 aromatic carbocycles. The molecule has 1 heteroatoms. The maximum atomic E-state index is 5.60. The van der Waals surface area contributed by atoms with E-state index in [1.54, 1.807) is 0 Å². The van der Waals surface area contributed by atoms with Crippen LogP contribution < -0.4 is 0 Å². The molecule has 138 valence electrons. The first-order valence-corrected chi connectivity index (χ1v) is 9.76. The average molecular weight is 341 g/mol. The topological polar surface area (TPSA) is 9.23 Å². The lowest BCUT2D eigenvalue weighted by molar-refractivity contribution is 0.0870. The molecule has 0 radical (unpaired) electrons. The third-order valence-corrected chi connectivity index (χ3v) is 4.96.